The van der Waals surface area contributed by atoms with Crippen LogP contribution in [0.15, 0.2) is 72.8 Å². The largest absolute Gasteiger partial charge is 0.0631 e. The van der Waals surface area contributed by atoms with Crippen molar-refractivity contribution >= 4 is 0 Å². The Hall–Kier alpha value is -2.47. The summed E-state index contributed by atoms with van der Waals surface area (Å²) >= 11 is 0. The first kappa shape index (κ1) is 15.4. The molecule has 0 atom stereocenters. The standard InChI is InChI=1S/C23H23/c1-4-19-9-15-22(16-10-19)23(20-11-5-17(2)6-12-20)21-13-7-18(3)8-14-21/h5-16H,4H2,1-3H3/q+1. The summed E-state index contributed by atoms with van der Waals surface area (Å²) < 4.78 is 0. The molecule has 0 heteroatoms. The molecule has 3 aromatic rings. The van der Waals surface area contributed by atoms with Gasteiger partial charge in [0.15, 0.2) is 0 Å². The fourth-order valence-electron chi connectivity index (χ4n) is 2.85. The third-order valence-corrected chi connectivity index (χ3v) is 4.33. The summed E-state index contributed by atoms with van der Waals surface area (Å²) in [6, 6.07) is 26.6. The maximum absolute atomic E-state index is 2.24. The molecule has 0 bridgehead atoms. The lowest BCUT2D eigenvalue weighted by Gasteiger charge is -2.14. The number of benzene rings is 3. The van der Waals surface area contributed by atoms with Gasteiger partial charge in [0, 0.05) is 0 Å². The molecular formula is C23H23+. The summed E-state index contributed by atoms with van der Waals surface area (Å²) in [5, 5.41) is 0. The molecular weight excluding hydrogens is 276 g/mol. The summed E-state index contributed by atoms with van der Waals surface area (Å²) in [5.74, 6) is 1.30. The van der Waals surface area contributed by atoms with Crippen molar-refractivity contribution in [2.45, 2.75) is 27.2 Å². The van der Waals surface area contributed by atoms with Gasteiger partial charge in [0.1, 0.15) is 0 Å². The van der Waals surface area contributed by atoms with Crippen LogP contribution < -0.4 is 0 Å². The van der Waals surface area contributed by atoms with Gasteiger partial charge in [0.2, 0.25) is 0 Å². The van der Waals surface area contributed by atoms with Crippen molar-refractivity contribution in [2.24, 2.45) is 0 Å². The topological polar surface area (TPSA) is 0 Å². The van der Waals surface area contributed by atoms with Crippen LogP contribution in [0, 0.1) is 19.8 Å². The van der Waals surface area contributed by atoms with Gasteiger partial charge in [-0.15, -0.1) is 0 Å². The Morgan fingerprint density at radius 1 is 0.565 bits per heavy atom. The normalized spacial score (nSPS) is 10.6. The molecule has 0 saturated carbocycles. The zero-order valence-electron chi connectivity index (χ0n) is 14.1. The lowest BCUT2D eigenvalue weighted by atomic mass is 9.84. The first-order valence-corrected chi connectivity index (χ1v) is 8.27. The van der Waals surface area contributed by atoms with E-state index in [1.807, 2.05) is 0 Å². The van der Waals surface area contributed by atoms with Gasteiger partial charge in [-0.3, -0.25) is 0 Å². The Morgan fingerprint density at radius 2 is 0.913 bits per heavy atom. The van der Waals surface area contributed by atoms with Crippen LogP contribution in [-0.4, -0.2) is 0 Å². The van der Waals surface area contributed by atoms with E-state index in [0.717, 1.165) is 6.42 Å². The quantitative estimate of drug-likeness (QED) is 0.416. The van der Waals surface area contributed by atoms with Gasteiger partial charge in [-0.2, -0.15) is 0 Å². The molecule has 0 nitrogen and oxygen atoms in total. The molecule has 0 aliphatic heterocycles. The monoisotopic (exact) mass is 299 g/mol. The maximum atomic E-state index is 2.24. The van der Waals surface area contributed by atoms with Crippen molar-refractivity contribution in [3.8, 4) is 0 Å². The fourth-order valence-corrected chi connectivity index (χ4v) is 2.85. The second-order valence-electron chi connectivity index (χ2n) is 6.16. The van der Waals surface area contributed by atoms with Crippen molar-refractivity contribution in [1.82, 2.24) is 0 Å². The van der Waals surface area contributed by atoms with Crippen LogP contribution in [0.2, 0.25) is 0 Å². The van der Waals surface area contributed by atoms with E-state index in [0.29, 0.717) is 0 Å². The lowest BCUT2D eigenvalue weighted by molar-refractivity contribution is 1.13. The van der Waals surface area contributed by atoms with Gasteiger partial charge >= 0.3 is 0 Å². The Labute approximate surface area is 139 Å². The highest BCUT2D eigenvalue weighted by molar-refractivity contribution is 5.57. The first-order valence-electron chi connectivity index (χ1n) is 8.27. The Kier molecular flexibility index (Phi) is 4.52. The molecule has 0 amide bonds. The van der Waals surface area contributed by atoms with Crippen molar-refractivity contribution in [3.05, 3.63) is 112 Å². The Morgan fingerprint density at radius 3 is 1.26 bits per heavy atom. The number of hydrogen-bond acceptors (Lipinski definition) is 0. The number of hydrogen-bond donors (Lipinski definition) is 0. The minimum Gasteiger partial charge on any atom is -0.0613 e. The summed E-state index contributed by atoms with van der Waals surface area (Å²) in [6.07, 6.45) is 1.07. The average molecular weight is 299 g/mol. The van der Waals surface area contributed by atoms with Crippen LogP contribution in [0.25, 0.3) is 0 Å². The number of aryl methyl sites for hydroxylation is 3. The molecule has 0 aliphatic rings. The molecule has 23 heavy (non-hydrogen) atoms. The summed E-state index contributed by atoms with van der Waals surface area (Å²) in [6.45, 7) is 6.45. The van der Waals surface area contributed by atoms with Gasteiger partial charge in [-0.1, -0.05) is 6.92 Å². The zero-order valence-corrected chi connectivity index (χ0v) is 14.1. The third kappa shape index (κ3) is 3.48. The Bertz CT molecular complexity index is 701. The van der Waals surface area contributed by atoms with E-state index in [4.69, 9.17) is 0 Å². The second-order valence-corrected chi connectivity index (χ2v) is 6.16. The maximum Gasteiger partial charge on any atom is 0.0631 e. The molecule has 114 valence electrons. The summed E-state index contributed by atoms with van der Waals surface area (Å²) in [7, 11) is 0. The average Bonchev–Trinajstić information content (AvgIpc) is 2.59. The van der Waals surface area contributed by atoms with E-state index in [1.54, 1.807) is 0 Å². The zero-order chi connectivity index (χ0) is 16.2. The highest BCUT2D eigenvalue weighted by Crippen LogP contribution is 2.31. The van der Waals surface area contributed by atoms with Gasteiger partial charge in [-0.05, 0) is 110 Å². The van der Waals surface area contributed by atoms with E-state index in [2.05, 4.69) is 93.6 Å². The molecule has 3 aromatic carbocycles. The molecule has 0 heterocycles. The van der Waals surface area contributed by atoms with E-state index in [-0.39, 0.29) is 0 Å². The molecule has 0 unspecified atom stereocenters. The van der Waals surface area contributed by atoms with E-state index in [1.165, 1.54) is 39.3 Å². The predicted molar refractivity (Wildman–Crippen MR) is 98.7 cm³/mol. The minimum absolute atomic E-state index is 1.07. The van der Waals surface area contributed by atoms with Gasteiger partial charge in [0.25, 0.3) is 0 Å². The number of rotatable bonds is 4. The van der Waals surface area contributed by atoms with Crippen LogP contribution in [0.3, 0.4) is 0 Å². The predicted octanol–water partition coefficient (Wildman–Crippen LogP) is 5.89. The summed E-state index contributed by atoms with van der Waals surface area (Å²) in [5.41, 5.74) is 7.76. The third-order valence-electron chi connectivity index (χ3n) is 4.33. The highest BCUT2D eigenvalue weighted by atomic mass is 14.2. The minimum atomic E-state index is 1.07. The second kappa shape index (κ2) is 6.75. The molecule has 0 N–H and O–H groups in total. The SMILES string of the molecule is CCc1ccc([C+](c2ccc(C)cc2)c2ccc(C)cc2)cc1. The first-order chi connectivity index (χ1) is 11.2. The molecule has 0 radical (unpaired) electrons. The lowest BCUT2D eigenvalue weighted by Crippen LogP contribution is -2.05. The summed E-state index contributed by atoms with van der Waals surface area (Å²) in [4.78, 5) is 0. The van der Waals surface area contributed by atoms with Crippen molar-refractivity contribution in [2.75, 3.05) is 0 Å². The van der Waals surface area contributed by atoms with E-state index >= 15 is 0 Å². The van der Waals surface area contributed by atoms with Crippen LogP contribution in [-0.2, 0) is 6.42 Å². The molecule has 0 spiro atoms. The molecule has 3 rings (SSSR count). The molecule has 0 fully saturated rings. The van der Waals surface area contributed by atoms with Crippen LogP contribution in [0.4, 0.5) is 0 Å². The van der Waals surface area contributed by atoms with E-state index in [9.17, 15) is 0 Å². The fraction of sp³-hybridized carbons (Fsp3) is 0.174. The molecule has 0 aliphatic carbocycles. The molecule has 0 aromatic heterocycles. The van der Waals surface area contributed by atoms with Crippen LogP contribution >= 0.6 is 0 Å². The van der Waals surface area contributed by atoms with Gasteiger partial charge in [0.05, 0.1) is 22.6 Å². The van der Waals surface area contributed by atoms with Crippen molar-refractivity contribution in [1.29, 1.82) is 0 Å². The van der Waals surface area contributed by atoms with E-state index < -0.39 is 0 Å². The molecule has 0 saturated heterocycles. The van der Waals surface area contributed by atoms with Gasteiger partial charge < -0.3 is 0 Å². The Balaban J connectivity index is 2.08. The van der Waals surface area contributed by atoms with Crippen molar-refractivity contribution < 1.29 is 0 Å². The van der Waals surface area contributed by atoms with Gasteiger partial charge in [-0.25, -0.2) is 0 Å². The van der Waals surface area contributed by atoms with Crippen molar-refractivity contribution in [3.63, 3.8) is 0 Å². The highest BCUT2D eigenvalue weighted by Gasteiger charge is 2.22. The van der Waals surface area contributed by atoms with Crippen LogP contribution in [0.5, 0.6) is 0 Å². The van der Waals surface area contributed by atoms with Crippen LogP contribution in [0.1, 0.15) is 40.3 Å². The smallest absolute Gasteiger partial charge is 0.0613 e.